The summed E-state index contributed by atoms with van der Waals surface area (Å²) >= 11 is 0. The average molecular weight is 189 g/mol. The third-order valence-corrected chi connectivity index (χ3v) is 2.47. The van der Waals surface area contributed by atoms with E-state index in [4.69, 9.17) is 5.41 Å². The van der Waals surface area contributed by atoms with Crippen molar-refractivity contribution in [2.75, 3.05) is 13.1 Å². The second kappa shape index (κ2) is 3.80. The molecule has 0 spiro atoms. The van der Waals surface area contributed by atoms with Crippen molar-refractivity contribution in [3.05, 3.63) is 35.4 Å². The van der Waals surface area contributed by atoms with E-state index in [1.54, 1.807) is 0 Å². The number of nitrogens with one attached hydrogen (secondary N) is 3. The molecule has 0 bridgehead atoms. The van der Waals surface area contributed by atoms with Crippen molar-refractivity contribution in [2.24, 2.45) is 0 Å². The van der Waals surface area contributed by atoms with E-state index < -0.39 is 0 Å². The summed E-state index contributed by atoms with van der Waals surface area (Å²) in [6.45, 7) is 3.99. The molecule has 0 atom stereocenters. The molecule has 1 heterocycles. The predicted molar refractivity (Wildman–Crippen MR) is 57.8 cm³/mol. The van der Waals surface area contributed by atoms with Gasteiger partial charge in [-0.15, -0.1) is 0 Å². The number of benzene rings is 1. The maximum atomic E-state index is 7.83. The van der Waals surface area contributed by atoms with Gasteiger partial charge in [0, 0.05) is 18.7 Å². The van der Waals surface area contributed by atoms with Crippen LogP contribution in [-0.4, -0.2) is 25.0 Å². The Morgan fingerprint density at radius 1 is 1.36 bits per heavy atom. The number of hydrogen-bond acceptors (Lipinski definition) is 2. The molecule has 0 unspecified atom stereocenters. The molecule has 0 aromatic heterocycles. The van der Waals surface area contributed by atoms with E-state index in [1.807, 2.05) is 24.3 Å². The van der Waals surface area contributed by atoms with Crippen LogP contribution in [0.25, 0.3) is 0 Å². The highest BCUT2D eigenvalue weighted by Crippen LogP contribution is 2.03. The van der Waals surface area contributed by atoms with Gasteiger partial charge in [0.2, 0.25) is 0 Å². The topological polar surface area (TPSA) is 47.9 Å². The summed E-state index contributed by atoms with van der Waals surface area (Å²) < 4.78 is 0. The average Bonchev–Trinajstić information content (AvgIpc) is 2.12. The van der Waals surface area contributed by atoms with Crippen LogP contribution in [0, 0.1) is 12.3 Å². The van der Waals surface area contributed by atoms with Crippen LogP contribution in [0.1, 0.15) is 11.1 Å². The molecular formula is C11H15N3. The lowest BCUT2D eigenvalue weighted by Gasteiger charge is -2.29. The minimum absolute atomic E-state index is 0.434. The standard InChI is InChI=1S/C11H15N3/c1-8-2-4-9(5-3-8)11(12)14-10-6-13-7-10/h2-5,10,13H,6-7H2,1H3,(H2,12,14). The molecule has 1 aliphatic heterocycles. The zero-order valence-electron chi connectivity index (χ0n) is 8.30. The van der Waals surface area contributed by atoms with Crippen molar-refractivity contribution >= 4 is 5.84 Å². The first-order valence-corrected chi connectivity index (χ1v) is 4.88. The first-order chi connectivity index (χ1) is 6.75. The molecule has 1 aromatic rings. The molecule has 0 saturated carbocycles. The van der Waals surface area contributed by atoms with Crippen LogP contribution in [0.5, 0.6) is 0 Å². The Morgan fingerprint density at radius 3 is 2.50 bits per heavy atom. The number of amidine groups is 1. The lowest BCUT2D eigenvalue weighted by Crippen LogP contribution is -2.56. The van der Waals surface area contributed by atoms with Crippen LogP contribution in [0.4, 0.5) is 0 Å². The van der Waals surface area contributed by atoms with Gasteiger partial charge in [-0.1, -0.05) is 29.8 Å². The first-order valence-electron chi connectivity index (χ1n) is 4.88. The lowest BCUT2D eigenvalue weighted by atomic mass is 10.1. The minimum atomic E-state index is 0.434. The van der Waals surface area contributed by atoms with E-state index in [0.29, 0.717) is 11.9 Å². The second-order valence-electron chi connectivity index (χ2n) is 3.74. The van der Waals surface area contributed by atoms with Crippen molar-refractivity contribution in [3.8, 4) is 0 Å². The molecule has 3 nitrogen and oxygen atoms in total. The Morgan fingerprint density at radius 2 is 2.00 bits per heavy atom. The van der Waals surface area contributed by atoms with Gasteiger partial charge in [-0.2, -0.15) is 0 Å². The Labute approximate surface area is 84.0 Å². The molecule has 1 saturated heterocycles. The summed E-state index contributed by atoms with van der Waals surface area (Å²) in [5.41, 5.74) is 2.19. The van der Waals surface area contributed by atoms with E-state index in [1.165, 1.54) is 5.56 Å². The SMILES string of the molecule is Cc1ccc(C(=N)NC2CNC2)cc1. The maximum Gasteiger partial charge on any atom is 0.125 e. The smallest absolute Gasteiger partial charge is 0.125 e. The first kappa shape index (κ1) is 9.21. The van der Waals surface area contributed by atoms with Crippen molar-refractivity contribution in [2.45, 2.75) is 13.0 Å². The van der Waals surface area contributed by atoms with E-state index in [-0.39, 0.29) is 0 Å². The monoisotopic (exact) mass is 189 g/mol. The number of hydrogen-bond donors (Lipinski definition) is 3. The van der Waals surface area contributed by atoms with Crippen molar-refractivity contribution in [3.63, 3.8) is 0 Å². The van der Waals surface area contributed by atoms with E-state index >= 15 is 0 Å². The number of aryl methyl sites for hydroxylation is 1. The molecule has 74 valence electrons. The molecule has 3 heteroatoms. The molecule has 0 radical (unpaired) electrons. The van der Waals surface area contributed by atoms with Crippen LogP contribution in [0.3, 0.4) is 0 Å². The second-order valence-corrected chi connectivity index (χ2v) is 3.74. The molecule has 1 fully saturated rings. The molecule has 3 N–H and O–H groups in total. The van der Waals surface area contributed by atoms with Gasteiger partial charge in [-0.05, 0) is 6.92 Å². The highest BCUT2D eigenvalue weighted by atomic mass is 15.1. The summed E-state index contributed by atoms with van der Waals surface area (Å²) in [6.07, 6.45) is 0. The van der Waals surface area contributed by atoms with Gasteiger partial charge in [-0.25, -0.2) is 0 Å². The van der Waals surface area contributed by atoms with Gasteiger partial charge in [0.05, 0.1) is 6.04 Å². The summed E-state index contributed by atoms with van der Waals surface area (Å²) in [7, 11) is 0. The van der Waals surface area contributed by atoms with Gasteiger partial charge in [0.1, 0.15) is 5.84 Å². The van der Waals surface area contributed by atoms with Crippen molar-refractivity contribution in [1.29, 1.82) is 5.41 Å². The highest BCUT2D eigenvalue weighted by Gasteiger charge is 2.17. The van der Waals surface area contributed by atoms with Crippen LogP contribution in [0.2, 0.25) is 0 Å². The molecular weight excluding hydrogens is 174 g/mol. The Kier molecular flexibility index (Phi) is 2.50. The van der Waals surface area contributed by atoms with Crippen LogP contribution in [-0.2, 0) is 0 Å². The fraction of sp³-hybridized carbons (Fsp3) is 0.364. The summed E-state index contributed by atoms with van der Waals surface area (Å²) in [6, 6.07) is 8.46. The van der Waals surface area contributed by atoms with Gasteiger partial charge in [0.25, 0.3) is 0 Å². The van der Waals surface area contributed by atoms with Gasteiger partial charge >= 0.3 is 0 Å². The Balaban J connectivity index is 1.99. The molecule has 2 rings (SSSR count). The lowest BCUT2D eigenvalue weighted by molar-refractivity contribution is 0.411. The Bertz CT molecular complexity index is 325. The van der Waals surface area contributed by atoms with E-state index in [9.17, 15) is 0 Å². The van der Waals surface area contributed by atoms with Crippen molar-refractivity contribution in [1.82, 2.24) is 10.6 Å². The van der Waals surface area contributed by atoms with E-state index in [0.717, 1.165) is 18.7 Å². The Hall–Kier alpha value is -1.35. The van der Waals surface area contributed by atoms with E-state index in [2.05, 4.69) is 17.6 Å². The summed E-state index contributed by atoms with van der Waals surface area (Å²) in [4.78, 5) is 0. The van der Waals surface area contributed by atoms with Crippen molar-refractivity contribution < 1.29 is 0 Å². The quantitative estimate of drug-likeness (QED) is 0.478. The summed E-state index contributed by atoms with van der Waals surface area (Å²) in [5.74, 6) is 0.525. The molecule has 0 aliphatic carbocycles. The molecule has 14 heavy (non-hydrogen) atoms. The maximum absolute atomic E-state index is 7.83. The molecule has 1 aromatic carbocycles. The molecule has 1 aliphatic rings. The predicted octanol–water partition coefficient (Wildman–Crippen LogP) is 0.882. The zero-order valence-corrected chi connectivity index (χ0v) is 8.30. The third kappa shape index (κ3) is 1.93. The van der Waals surface area contributed by atoms with Crippen LogP contribution in [0.15, 0.2) is 24.3 Å². The summed E-state index contributed by atoms with van der Waals surface area (Å²) in [5, 5.41) is 14.2. The number of rotatable bonds is 2. The van der Waals surface area contributed by atoms with Crippen LogP contribution < -0.4 is 10.6 Å². The largest absolute Gasteiger partial charge is 0.365 e. The minimum Gasteiger partial charge on any atom is -0.365 e. The molecule has 0 amide bonds. The normalized spacial score (nSPS) is 16.1. The van der Waals surface area contributed by atoms with Gasteiger partial charge in [0.15, 0.2) is 0 Å². The third-order valence-electron chi connectivity index (χ3n) is 2.47. The van der Waals surface area contributed by atoms with Gasteiger partial charge < -0.3 is 10.6 Å². The fourth-order valence-corrected chi connectivity index (χ4v) is 1.40. The van der Waals surface area contributed by atoms with Gasteiger partial charge in [-0.3, -0.25) is 5.41 Å². The highest BCUT2D eigenvalue weighted by molar-refractivity contribution is 5.96. The van der Waals surface area contributed by atoms with Crippen LogP contribution >= 0.6 is 0 Å². The zero-order chi connectivity index (χ0) is 9.97. The fourth-order valence-electron chi connectivity index (χ4n) is 1.40.